The molecular formula is C34H35FN6O2Si. The van der Waals surface area contributed by atoms with Crippen molar-refractivity contribution in [1.82, 2.24) is 29.3 Å². The van der Waals surface area contributed by atoms with E-state index in [1.165, 1.54) is 12.1 Å². The van der Waals surface area contributed by atoms with Crippen LogP contribution in [0.2, 0.25) is 25.7 Å². The van der Waals surface area contributed by atoms with E-state index in [4.69, 9.17) is 29.5 Å². The summed E-state index contributed by atoms with van der Waals surface area (Å²) in [6.45, 7) is 8.50. The molecule has 44 heavy (non-hydrogen) atoms. The van der Waals surface area contributed by atoms with Crippen molar-refractivity contribution in [2.45, 2.75) is 39.0 Å². The maximum absolute atomic E-state index is 13.8. The third-order valence-corrected chi connectivity index (χ3v) is 9.06. The van der Waals surface area contributed by atoms with Crippen molar-refractivity contribution in [3.63, 3.8) is 0 Å². The molecule has 0 amide bonds. The number of ether oxygens (including phenoxy) is 2. The summed E-state index contributed by atoms with van der Waals surface area (Å²) >= 11 is 0. The number of nitrogens with zero attached hydrogens (tertiary/aromatic N) is 6. The summed E-state index contributed by atoms with van der Waals surface area (Å²) < 4.78 is 29.1. The molecule has 0 aliphatic carbocycles. The highest BCUT2D eigenvalue weighted by Crippen LogP contribution is 2.32. The summed E-state index contributed by atoms with van der Waals surface area (Å²) in [5.41, 5.74) is 5.60. The summed E-state index contributed by atoms with van der Waals surface area (Å²) in [6.07, 6.45) is 3.65. The number of fused-ring (bicyclic) bond motifs is 1. The number of imidazole rings is 1. The number of aromatic nitrogens is 6. The van der Waals surface area contributed by atoms with Gasteiger partial charge in [0.05, 0.1) is 25.4 Å². The molecule has 0 radical (unpaired) electrons. The summed E-state index contributed by atoms with van der Waals surface area (Å²) in [6, 6.07) is 25.4. The largest absolute Gasteiger partial charge is 0.497 e. The molecule has 0 atom stereocenters. The Labute approximate surface area is 257 Å². The van der Waals surface area contributed by atoms with Gasteiger partial charge in [0, 0.05) is 32.0 Å². The van der Waals surface area contributed by atoms with Crippen molar-refractivity contribution >= 4 is 19.2 Å². The average molecular weight is 607 g/mol. The molecule has 8 nitrogen and oxygen atoms in total. The summed E-state index contributed by atoms with van der Waals surface area (Å²) in [5, 5.41) is 4.83. The van der Waals surface area contributed by atoms with Gasteiger partial charge in [0.1, 0.15) is 35.3 Å². The van der Waals surface area contributed by atoms with Crippen molar-refractivity contribution in [2.75, 3.05) is 13.7 Å². The highest BCUT2D eigenvalue weighted by Gasteiger charge is 2.20. The SMILES string of the molecule is COc1ccc(Cn2c(-c3ccccc3)nc3cnc(-c4cn(COCC[Si](C)(C)C)nc4-c4ccc(F)cc4)nc32)cc1. The molecular weight excluding hydrogens is 571 g/mol. The Morgan fingerprint density at radius 3 is 2.32 bits per heavy atom. The second-order valence-electron chi connectivity index (χ2n) is 11.9. The van der Waals surface area contributed by atoms with Crippen molar-refractivity contribution in [1.29, 1.82) is 0 Å². The van der Waals surface area contributed by atoms with E-state index in [0.717, 1.165) is 39.9 Å². The topological polar surface area (TPSA) is 79.9 Å². The zero-order valence-electron chi connectivity index (χ0n) is 25.4. The van der Waals surface area contributed by atoms with Crippen LogP contribution in [-0.4, -0.2) is 51.1 Å². The summed E-state index contributed by atoms with van der Waals surface area (Å²) in [5.74, 6) is 1.79. The molecule has 0 fully saturated rings. The summed E-state index contributed by atoms with van der Waals surface area (Å²) in [7, 11) is 0.435. The average Bonchev–Trinajstić information content (AvgIpc) is 3.61. The monoisotopic (exact) mass is 606 g/mol. The van der Waals surface area contributed by atoms with Gasteiger partial charge in [0.15, 0.2) is 11.5 Å². The predicted octanol–water partition coefficient (Wildman–Crippen LogP) is 7.53. The maximum atomic E-state index is 13.8. The van der Waals surface area contributed by atoms with Crippen molar-refractivity contribution < 1.29 is 13.9 Å². The second kappa shape index (κ2) is 12.5. The number of hydrogen-bond acceptors (Lipinski definition) is 6. The van der Waals surface area contributed by atoms with Crippen molar-refractivity contribution in [3.8, 4) is 39.8 Å². The van der Waals surface area contributed by atoms with Gasteiger partial charge in [0.2, 0.25) is 0 Å². The number of rotatable bonds is 11. The fourth-order valence-electron chi connectivity index (χ4n) is 4.93. The molecule has 10 heteroatoms. The first kappa shape index (κ1) is 29.4. The van der Waals surface area contributed by atoms with E-state index < -0.39 is 8.07 Å². The number of halogens is 1. The molecule has 0 saturated heterocycles. The highest BCUT2D eigenvalue weighted by atomic mass is 28.3. The Balaban J connectivity index is 1.43. The Hall–Kier alpha value is -4.67. The lowest BCUT2D eigenvalue weighted by atomic mass is 10.1. The Bertz CT molecular complexity index is 1860. The molecule has 0 aliphatic heterocycles. The Kier molecular flexibility index (Phi) is 8.36. The molecule has 224 valence electrons. The summed E-state index contributed by atoms with van der Waals surface area (Å²) in [4.78, 5) is 14.8. The van der Waals surface area contributed by atoms with Crippen molar-refractivity contribution in [3.05, 3.63) is 103 Å². The quantitative estimate of drug-likeness (QED) is 0.112. The maximum Gasteiger partial charge on any atom is 0.165 e. The van der Waals surface area contributed by atoms with Crippen LogP contribution in [0.25, 0.3) is 45.2 Å². The lowest BCUT2D eigenvalue weighted by Crippen LogP contribution is -2.22. The normalized spacial score (nSPS) is 11.8. The molecule has 6 rings (SSSR count). The third kappa shape index (κ3) is 6.61. The first-order chi connectivity index (χ1) is 21.3. The number of hydrogen-bond donors (Lipinski definition) is 0. The van der Waals surface area contributed by atoms with E-state index in [1.54, 1.807) is 30.1 Å². The molecule has 6 aromatic rings. The van der Waals surface area contributed by atoms with Crippen LogP contribution in [0.1, 0.15) is 5.56 Å². The van der Waals surface area contributed by atoms with Crippen LogP contribution in [0, 0.1) is 5.82 Å². The lowest BCUT2D eigenvalue weighted by molar-refractivity contribution is 0.0788. The molecule has 0 aliphatic rings. The van der Waals surface area contributed by atoms with Crippen LogP contribution in [0.4, 0.5) is 4.39 Å². The van der Waals surface area contributed by atoms with E-state index in [2.05, 4.69) is 24.2 Å². The van der Waals surface area contributed by atoms with Crippen LogP contribution in [-0.2, 0) is 18.0 Å². The van der Waals surface area contributed by atoms with Crippen LogP contribution in [0.5, 0.6) is 5.75 Å². The highest BCUT2D eigenvalue weighted by molar-refractivity contribution is 6.76. The molecule has 3 aromatic carbocycles. The zero-order chi connectivity index (χ0) is 30.7. The van der Waals surface area contributed by atoms with Gasteiger partial charge in [-0.1, -0.05) is 62.1 Å². The van der Waals surface area contributed by atoms with Gasteiger partial charge in [-0.2, -0.15) is 5.10 Å². The van der Waals surface area contributed by atoms with Gasteiger partial charge in [0.25, 0.3) is 0 Å². The van der Waals surface area contributed by atoms with Crippen LogP contribution < -0.4 is 4.74 Å². The number of methoxy groups -OCH3 is 1. The van der Waals surface area contributed by atoms with E-state index in [0.29, 0.717) is 42.6 Å². The van der Waals surface area contributed by atoms with Gasteiger partial charge in [-0.05, 0) is 48.0 Å². The Morgan fingerprint density at radius 2 is 1.61 bits per heavy atom. The molecule has 0 spiro atoms. The van der Waals surface area contributed by atoms with Gasteiger partial charge in [-0.25, -0.2) is 24.0 Å². The molecule has 0 saturated carbocycles. The number of benzene rings is 3. The lowest BCUT2D eigenvalue weighted by Gasteiger charge is -2.15. The first-order valence-electron chi connectivity index (χ1n) is 14.6. The predicted molar refractivity (Wildman–Crippen MR) is 174 cm³/mol. The van der Waals surface area contributed by atoms with Gasteiger partial charge in [-0.15, -0.1) is 0 Å². The standard InChI is InChI=1S/C34H35FN6O2Si/c1-42-28-16-10-24(11-17-28)21-41-33(26-8-6-5-7-9-26)37-30-20-36-32(38-34(30)41)29-22-40(23-43-18-19-44(2,3)4)39-31(29)25-12-14-27(35)15-13-25/h5-17,20,22H,18-19,21,23H2,1-4H3. The third-order valence-electron chi connectivity index (χ3n) is 7.36. The molecule has 0 N–H and O–H groups in total. The molecule has 3 heterocycles. The fraction of sp³-hybridized carbons (Fsp3) is 0.235. The van der Waals surface area contributed by atoms with Crippen molar-refractivity contribution in [2.24, 2.45) is 0 Å². The van der Waals surface area contributed by atoms with E-state index in [9.17, 15) is 4.39 Å². The van der Waals surface area contributed by atoms with Crippen LogP contribution >= 0.6 is 0 Å². The van der Waals surface area contributed by atoms with Gasteiger partial charge >= 0.3 is 0 Å². The van der Waals surface area contributed by atoms with E-state index in [-0.39, 0.29) is 5.82 Å². The smallest absolute Gasteiger partial charge is 0.165 e. The zero-order valence-corrected chi connectivity index (χ0v) is 26.4. The second-order valence-corrected chi connectivity index (χ2v) is 17.5. The first-order valence-corrected chi connectivity index (χ1v) is 18.3. The van der Waals surface area contributed by atoms with E-state index >= 15 is 0 Å². The fourth-order valence-corrected chi connectivity index (χ4v) is 5.68. The molecule has 0 bridgehead atoms. The molecule has 0 unspecified atom stereocenters. The van der Waals surface area contributed by atoms with E-state index in [1.807, 2.05) is 60.8 Å². The van der Waals surface area contributed by atoms with Gasteiger partial charge < -0.3 is 14.0 Å². The Morgan fingerprint density at radius 1 is 0.864 bits per heavy atom. The minimum absolute atomic E-state index is 0.300. The van der Waals surface area contributed by atoms with Gasteiger partial charge in [-0.3, -0.25) is 0 Å². The molecule has 3 aromatic heterocycles. The van der Waals surface area contributed by atoms with Crippen LogP contribution in [0.3, 0.4) is 0 Å². The van der Waals surface area contributed by atoms with Crippen LogP contribution in [0.15, 0.2) is 91.3 Å². The minimum Gasteiger partial charge on any atom is -0.497 e. The minimum atomic E-state index is -1.22.